The Hall–Kier alpha value is -2.21. The third-order valence-corrected chi connectivity index (χ3v) is 5.63. The Bertz CT molecular complexity index is 752. The summed E-state index contributed by atoms with van der Waals surface area (Å²) in [4.78, 5) is 15.1. The lowest BCUT2D eigenvalue weighted by Crippen LogP contribution is -2.44. The average Bonchev–Trinajstić information content (AvgIpc) is 3.33. The van der Waals surface area contributed by atoms with Crippen LogP contribution in [0.2, 0.25) is 0 Å². The number of hydrogen-bond donors (Lipinski definition) is 0. The van der Waals surface area contributed by atoms with Crippen molar-refractivity contribution in [3.8, 4) is 0 Å². The Morgan fingerprint density at radius 3 is 2.77 bits per heavy atom. The third-order valence-electron chi connectivity index (χ3n) is 5.63. The van der Waals surface area contributed by atoms with Crippen LogP contribution in [0.4, 0.5) is 0 Å². The summed E-state index contributed by atoms with van der Waals surface area (Å²) in [7, 11) is 1.92. The normalized spacial score (nSPS) is 20.3. The molecule has 6 nitrogen and oxygen atoms in total. The number of ether oxygens (including phenoxy) is 1. The van der Waals surface area contributed by atoms with Gasteiger partial charge in [-0.15, -0.1) is 5.10 Å². The Labute approximate surface area is 154 Å². The van der Waals surface area contributed by atoms with Crippen LogP contribution in [-0.4, -0.2) is 39.0 Å². The standard InChI is InChI=1S/C20H26N4O2/c1-23-17-11-12-24(20(25)16-9-5-6-10-16)18(19(17)21-22-23)14-26-13-15-7-3-2-4-8-15/h2-4,7-8,16,18H,5-6,9-14H2,1H3/t18-/m1/s1. The van der Waals surface area contributed by atoms with Gasteiger partial charge in [0.2, 0.25) is 5.91 Å². The van der Waals surface area contributed by atoms with Crippen LogP contribution >= 0.6 is 0 Å². The molecular formula is C20H26N4O2. The van der Waals surface area contributed by atoms with Crippen molar-refractivity contribution < 1.29 is 9.53 Å². The van der Waals surface area contributed by atoms with E-state index in [2.05, 4.69) is 22.4 Å². The van der Waals surface area contributed by atoms with Gasteiger partial charge in [0, 0.05) is 25.9 Å². The molecule has 138 valence electrons. The molecule has 0 radical (unpaired) electrons. The summed E-state index contributed by atoms with van der Waals surface area (Å²) in [6, 6.07) is 9.99. The molecule has 0 bridgehead atoms. The fourth-order valence-electron chi connectivity index (χ4n) is 4.17. The number of carbonyl (C=O) groups excluding carboxylic acids is 1. The maximum Gasteiger partial charge on any atom is 0.226 e. The highest BCUT2D eigenvalue weighted by molar-refractivity contribution is 5.79. The van der Waals surface area contributed by atoms with E-state index in [1.54, 1.807) is 0 Å². The summed E-state index contributed by atoms with van der Waals surface area (Å²) in [5.74, 6) is 0.442. The molecule has 0 N–H and O–H groups in total. The van der Waals surface area contributed by atoms with Crippen LogP contribution in [0.25, 0.3) is 0 Å². The predicted octanol–water partition coefficient (Wildman–Crippen LogP) is 2.65. The first kappa shape index (κ1) is 17.2. The van der Waals surface area contributed by atoms with Gasteiger partial charge >= 0.3 is 0 Å². The van der Waals surface area contributed by atoms with E-state index in [0.29, 0.717) is 13.2 Å². The molecule has 1 aliphatic carbocycles. The second kappa shape index (κ2) is 7.58. The molecular weight excluding hydrogens is 328 g/mol. The lowest BCUT2D eigenvalue weighted by atomic mass is 9.99. The van der Waals surface area contributed by atoms with E-state index >= 15 is 0 Å². The second-order valence-electron chi connectivity index (χ2n) is 7.32. The Morgan fingerprint density at radius 1 is 1.23 bits per heavy atom. The number of amides is 1. The zero-order valence-electron chi connectivity index (χ0n) is 15.3. The molecule has 6 heteroatoms. The van der Waals surface area contributed by atoms with Crippen LogP contribution in [-0.2, 0) is 29.6 Å². The van der Waals surface area contributed by atoms with Gasteiger partial charge in [0.1, 0.15) is 11.7 Å². The molecule has 4 rings (SSSR count). The van der Waals surface area contributed by atoms with Crippen molar-refractivity contribution in [2.75, 3.05) is 13.2 Å². The van der Waals surface area contributed by atoms with Crippen molar-refractivity contribution in [3.05, 3.63) is 47.3 Å². The molecule has 2 heterocycles. The monoisotopic (exact) mass is 354 g/mol. The number of hydrogen-bond acceptors (Lipinski definition) is 4. The summed E-state index contributed by atoms with van der Waals surface area (Å²) < 4.78 is 7.83. The van der Waals surface area contributed by atoms with Gasteiger partial charge in [-0.25, -0.2) is 0 Å². The summed E-state index contributed by atoms with van der Waals surface area (Å²) >= 11 is 0. The van der Waals surface area contributed by atoms with E-state index < -0.39 is 0 Å². The van der Waals surface area contributed by atoms with Crippen molar-refractivity contribution in [1.29, 1.82) is 0 Å². The minimum atomic E-state index is -0.135. The zero-order chi connectivity index (χ0) is 17.9. The highest BCUT2D eigenvalue weighted by Crippen LogP contribution is 2.33. The molecule has 2 aliphatic rings. The van der Waals surface area contributed by atoms with Crippen molar-refractivity contribution >= 4 is 5.91 Å². The van der Waals surface area contributed by atoms with Gasteiger partial charge in [0.15, 0.2) is 0 Å². The van der Waals surface area contributed by atoms with Crippen LogP contribution in [0, 0.1) is 5.92 Å². The third kappa shape index (κ3) is 3.38. The highest BCUT2D eigenvalue weighted by atomic mass is 16.5. The molecule has 0 spiro atoms. The molecule has 0 saturated heterocycles. The number of fused-ring (bicyclic) bond motifs is 1. The van der Waals surface area contributed by atoms with Gasteiger partial charge in [-0.05, 0) is 18.4 Å². The van der Waals surface area contributed by atoms with Gasteiger partial charge in [0.25, 0.3) is 0 Å². The molecule has 1 amide bonds. The first-order chi connectivity index (χ1) is 12.7. The Balaban J connectivity index is 1.50. The number of aryl methyl sites for hydroxylation is 1. The zero-order valence-corrected chi connectivity index (χ0v) is 15.3. The summed E-state index contributed by atoms with van der Waals surface area (Å²) in [5.41, 5.74) is 3.16. The number of carbonyl (C=O) groups is 1. The lowest BCUT2D eigenvalue weighted by Gasteiger charge is -2.36. The maximum atomic E-state index is 13.1. The molecule has 1 aromatic carbocycles. The van der Waals surface area contributed by atoms with Crippen molar-refractivity contribution in [2.24, 2.45) is 13.0 Å². The van der Waals surface area contributed by atoms with E-state index in [4.69, 9.17) is 4.74 Å². The van der Waals surface area contributed by atoms with E-state index in [0.717, 1.165) is 55.6 Å². The van der Waals surface area contributed by atoms with Gasteiger partial charge in [-0.1, -0.05) is 48.4 Å². The summed E-state index contributed by atoms with van der Waals surface area (Å²) in [6.07, 6.45) is 5.17. The second-order valence-corrected chi connectivity index (χ2v) is 7.32. The van der Waals surface area contributed by atoms with E-state index in [9.17, 15) is 4.79 Å². The fourth-order valence-corrected chi connectivity index (χ4v) is 4.17. The SMILES string of the molecule is Cn1nnc2c1CCN(C(=O)C1CCCC1)[C@@H]2COCc1ccccc1. The molecule has 0 unspecified atom stereocenters. The van der Waals surface area contributed by atoms with Crippen LogP contribution in [0.15, 0.2) is 30.3 Å². The molecule has 1 fully saturated rings. The number of nitrogens with zero attached hydrogens (tertiary/aromatic N) is 4. The first-order valence-electron chi connectivity index (χ1n) is 9.54. The quantitative estimate of drug-likeness (QED) is 0.828. The molecule has 1 aliphatic heterocycles. The Kier molecular flexibility index (Phi) is 5.02. The van der Waals surface area contributed by atoms with Crippen LogP contribution < -0.4 is 0 Å². The molecule has 2 aromatic rings. The largest absolute Gasteiger partial charge is 0.374 e. The predicted molar refractivity (Wildman–Crippen MR) is 97.2 cm³/mol. The van der Waals surface area contributed by atoms with E-state index in [-0.39, 0.29) is 17.9 Å². The van der Waals surface area contributed by atoms with Gasteiger partial charge < -0.3 is 9.64 Å². The fraction of sp³-hybridized carbons (Fsp3) is 0.550. The van der Waals surface area contributed by atoms with Gasteiger partial charge in [0.05, 0.1) is 18.9 Å². The van der Waals surface area contributed by atoms with Crippen molar-refractivity contribution in [1.82, 2.24) is 19.9 Å². The summed E-state index contributed by atoms with van der Waals surface area (Å²) in [6.45, 7) is 1.72. The number of benzene rings is 1. The van der Waals surface area contributed by atoms with Crippen molar-refractivity contribution in [3.63, 3.8) is 0 Å². The molecule has 1 atom stereocenters. The van der Waals surface area contributed by atoms with E-state index in [1.165, 1.54) is 0 Å². The number of rotatable bonds is 5. The van der Waals surface area contributed by atoms with Crippen LogP contribution in [0.3, 0.4) is 0 Å². The average molecular weight is 354 g/mol. The van der Waals surface area contributed by atoms with Crippen LogP contribution in [0.5, 0.6) is 0 Å². The smallest absolute Gasteiger partial charge is 0.226 e. The molecule has 1 saturated carbocycles. The van der Waals surface area contributed by atoms with Gasteiger partial charge in [-0.2, -0.15) is 0 Å². The Morgan fingerprint density at radius 2 is 2.00 bits per heavy atom. The minimum absolute atomic E-state index is 0.135. The van der Waals surface area contributed by atoms with Gasteiger partial charge in [-0.3, -0.25) is 9.48 Å². The lowest BCUT2D eigenvalue weighted by molar-refractivity contribution is -0.140. The minimum Gasteiger partial charge on any atom is -0.374 e. The number of aromatic nitrogens is 3. The topological polar surface area (TPSA) is 60.2 Å². The molecule has 1 aromatic heterocycles. The van der Waals surface area contributed by atoms with Crippen LogP contribution in [0.1, 0.15) is 48.7 Å². The summed E-state index contributed by atoms with van der Waals surface area (Å²) in [5, 5.41) is 8.54. The highest BCUT2D eigenvalue weighted by Gasteiger charge is 2.37. The van der Waals surface area contributed by atoms with Crippen molar-refractivity contribution in [2.45, 2.75) is 44.8 Å². The molecule has 26 heavy (non-hydrogen) atoms. The van der Waals surface area contributed by atoms with E-state index in [1.807, 2.05) is 34.8 Å². The first-order valence-corrected chi connectivity index (χ1v) is 9.54. The maximum absolute atomic E-state index is 13.1.